The van der Waals surface area contributed by atoms with Crippen LogP contribution < -0.4 is 5.32 Å². The number of ketones is 1. The van der Waals surface area contributed by atoms with Crippen molar-refractivity contribution in [2.24, 2.45) is 5.92 Å². The second-order valence-corrected chi connectivity index (χ2v) is 7.29. The van der Waals surface area contributed by atoms with Gasteiger partial charge in [-0.2, -0.15) is 5.26 Å². The van der Waals surface area contributed by atoms with Crippen LogP contribution in [0.4, 0.5) is 0 Å². The zero-order chi connectivity index (χ0) is 18.0. The van der Waals surface area contributed by atoms with Crippen LogP contribution in [-0.4, -0.2) is 44.8 Å². The molecule has 1 atom stereocenters. The van der Waals surface area contributed by atoms with Crippen LogP contribution in [0, 0.1) is 17.2 Å². The highest BCUT2D eigenvalue weighted by atomic mass is 16.5. The first-order chi connectivity index (χ1) is 11.4. The third-order valence-corrected chi connectivity index (χ3v) is 4.32. The van der Waals surface area contributed by atoms with Gasteiger partial charge < -0.3 is 14.8 Å². The molecule has 1 aliphatic carbocycles. The molecule has 1 N–H and O–H groups in total. The van der Waals surface area contributed by atoms with E-state index in [-0.39, 0.29) is 17.9 Å². The summed E-state index contributed by atoms with van der Waals surface area (Å²) in [5.74, 6) is 0.196. The normalized spacial score (nSPS) is 23.2. The van der Waals surface area contributed by atoms with Crippen LogP contribution in [0.2, 0.25) is 0 Å². The summed E-state index contributed by atoms with van der Waals surface area (Å²) >= 11 is 0. The maximum absolute atomic E-state index is 12.3. The fourth-order valence-corrected chi connectivity index (χ4v) is 3.11. The Kier molecular flexibility index (Phi) is 9.20. The van der Waals surface area contributed by atoms with Gasteiger partial charge in [-0.25, -0.2) is 0 Å². The van der Waals surface area contributed by atoms with Crippen molar-refractivity contribution < 1.29 is 14.3 Å². The number of methoxy groups -OCH3 is 1. The number of Topliss-reactive ketones (excluding diaryl/α,β-unsaturated/α-hetero) is 1. The van der Waals surface area contributed by atoms with Gasteiger partial charge in [0.25, 0.3) is 0 Å². The summed E-state index contributed by atoms with van der Waals surface area (Å²) in [5, 5.41) is 13.0. The quantitative estimate of drug-likeness (QED) is 0.377. The van der Waals surface area contributed by atoms with Gasteiger partial charge in [0.05, 0.1) is 5.57 Å². The number of nitriles is 1. The van der Waals surface area contributed by atoms with E-state index >= 15 is 0 Å². The van der Waals surface area contributed by atoms with Gasteiger partial charge in [0.2, 0.25) is 0 Å². The lowest BCUT2D eigenvalue weighted by Gasteiger charge is -2.36. The summed E-state index contributed by atoms with van der Waals surface area (Å²) < 4.78 is 10.5. The molecule has 0 heterocycles. The molecule has 136 valence electrons. The van der Waals surface area contributed by atoms with Crippen LogP contribution in [0.5, 0.6) is 0 Å². The Hall–Kier alpha value is -1.22. The van der Waals surface area contributed by atoms with Crippen LogP contribution in [0.3, 0.4) is 0 Å². The molecule has 0 aromatic rings. The lowest BCUT2D eigenvalue weighted by atomic mass is 9.78. The van der Waals surface area contributed by atoms with Gasteiger partial charge in [-0.3, -0.25) is 4.79 Å². The zero-order valence-corrected chi connectivity index (χ0v) is 15.6. The third-order valence-electron chi connectivity index (χ3n) is 4.32. The van der Waals surface area contributed by atoms with Crippen LogP contribution in [0.15, 0.2) is 11.1 Å². The van der Waals surface area contributed by atoms with Crippen molar-refractivity contribution in [3.63, 3.8) is 0 Å². The lowest BCUT2D eigenvalue weighted by Crippen LogP contribution is -2.45. The standard InChI is InChI=1S/C19H32N2O3/c1-15(2)13-24-14-18(22)17(12-20)16-7-5-8-19(3,11-16)21-9-6-10-23-4/h15,21H,5-11,13-14H2,1-4H3/b17-16-. The molecule has 1 aliphatic rings. The molecule has 0 aromatic heterocycles. The summed E-state index contributed by atoms with van der Waals surface area (Å²) in [4.78, 5) is 12.3. The Bertz CT molecular complexity index is 479. The van der Waals surface area contributed by atoms with E-state index in [9.17, 15) is 10.1 Å². The van der Waals surface area contributed by atoms with E-state index in [2.05, 4.69) is 18.3 Å². The first-order valence-electron chi connectivity index (χ1n) is 8.89. The lowest BCUT2D eigenvalue weighted by molar-refractivity contribution is -0.119. The number of nitrogens with zero attached hydrogens (tertiary/aromatic N) is 1. The predicted molar refractivity (Wildman–Crippen MR) is 94.7 cm³/mol. The molecular weight excluding hydrogens is 304 g/mol. The van der Waals surface area contributed by atoms with Crippen molar-refractivity contribution in [1.82, 2.24) is 5.32 Å². The molecule has 1 rings (SSSR count). The minimum absolute atomic E-state index is 0.00253. The monoisotopic (exact) mass is 336 g/mol. The van der Waals surface area contributed by atoms with E-state index in [1.54, 1.807) is 7.11 Å². The molecule has 1 saturated carbocycles. The van der Waals surface area contributed by atoms with Gasteiger partial charge in [0, 0.05) is 25.9 Å². The van der Waals surface area contributed by atoms with Gasteiger partial charge in [-0.15, -0.1) is 0 Å². The smallest absolute Gasteiger partial charge is 0.198 e. The van der Waals surface area contributed by atoms with Crippen molar-refractivity contribution >= 4 is 5.78 Å². The largest absolute Gasteiger partial charge is 0.385 e. The Morgan fingerprint density at radius 3 is 2.83 bits per heavy atom. The number of rotatable bonds is 10. The van der Waals surface area contributed by atoms with E-state index < -0.39 is 0 Å². The van der Waals surface area contributed by atoms with Crippen molar-refractivity contribution in [3.8, 4) is 6.07 Å². The SMILES string of the molecule is COCCCNC1(C)CCC/C(=C(\C#N)C(=O)COCC(C)C)C1. The molecule has 0 amide bonds. The second-order valence-electron chi connectivity index (χ2n) is 7.29. The maximum Gasteiger partial charge on any atom is 0.198 e. The predicted octanol–water partition coefficient (Wildman–Crippen LogP) is 3.01. The van der Waals surface area contributed by atoms with Gasteiger partial charge in [-0.1, -0.05) is 13.8 Å². The van der Waals surface area contributed by atoms with E-state index in [0.717, 1.165) is 50.8 Å². The number of carbonyl (C=O) groups is 1. The van der Waals surface area contributed by atoms with Crippen LogP contribution in [-0.2, 0) is 14.3 Å². The van der Waals surface area contributed by atoms with Gasteiger partial charge in [0.1, 0.15) is 12.7 Å². The van der Waals surface area contributed by atoms with E-state index in [1.165, 1.54) is 0 Å². The topological polar surface area (TPSA) is 71.3 Å². The summed E-state index contributed by atoms with van der Waals surface area (Å²) in [5.41, 5.74) is 1.23. The third kappa shape index (κ3) is 7.12. The van der Waals surface area contributed by atoms with E-state index in [1.807, 2.05) is 13.8 Å². The number of hydrogen-bond acceptors (Lipinski definition) is 5. The molecule has 0 bridgehead atoms. The van der Waals surface area contributed by atoms with Gasteiger partial charge in [-0.05, 0) is 57.1 Å². The average Bonchev–Trinajstić information content (AvgIpc) is 2.52. The highest BCUT2D eigenvalue weighted by Gasteiger charge is 2.31. The average molecular weight is 336 g/mol. The summed E-state index contributed by atoms with van der Waals surface area (Å²) in [6.07, 6.45) is 4.58. The molecule has 1 fully saturated rings. The highest BCUT2D eigenvalue weighted by Crippen LogP contribution is 2.33. The van der Waals surface area contributed by atoms with Crippen LogP contribution >= 0.6 is 0 Å². The molecular formula is C19H32N2O3. The first kappa shape index (κ1) is 20.8. The maximum atomic E-state index is 12.3. The minimum Gasteiger partial charge on any atom is -0.385 e. The Morgan fingerprint density at radius 1 is 1.46 bits per heavy atom. The van der Waals surface area contributed by atoms with E-state index in [0.29, 0.717) is 18.1 Å². The first-order valence-corrected chi connectivity index (χ1v) is 8.89. The number of ether oxygens (including phenoxy) is 2. The molecule has 5 nitrogen and oxygen atoms in total. The molecule has 5 heteroatoms. The number of carbonyl (C=O) groups excluding carboxylic acids is 1. The molecule has 0 radical (unpaired) electrons. The minimum atomic E-state index is -0.184. The Balaban J connectivity index is 2.67. The van der Waals surface area contributed by atoms with E-state index in [4.69, 9.17) is 9.47 Å². The zero-order valence-electron chi connectivity index (χ0n) is 15.6. The number of nitrogens with one attached hydrogen (secondary N) is 1. The Labute approximate surface area is 146 Å². The molecule has 0 saturated heterocycles. The van der Waals surface area contributed by atoms with Crippen LogP contribution in [0.25, 0.3) is 0 Å². The number of hydrogen-bond donors (Lipinski definition) is 1. The Morgan fingerprint density at radius 2 is 2.21 bits per heavy atom. The second kappa shape index (κ2) is 10.6. The molecule has 0 spiro atoms. The highest BCUT2D eigenvalue weighted by molar-refractivity contribution is 6.00. The van der Waals surface area contributed by atoms with Gasteiger partial charge in [0.15, 0.2) is 5.78 Å². The molecule has 0 aromatic carbocycles. The van der Waals surface area contributed by atoms with Crippen molar-refractivity contribution in [3.05, 3.63) is 11.1 Å². The summed E-state index contributed by atoms with van der Waals surface area (Å²) in [6, 6.07) is 2.13. The molecule has 1 unspecified atom stereocenters. The van der Waals surface area contributed by atoms with Crippen molar-refractivity contribution in [2.75, 3.05) is 33.5 Å². The molecule has 24 heavy (non-hydrogen) atoms. The summed E-state index contributed by atoms with van der Waals surface area (Å²) in [7, 11) is 1.70. The van der Waals surface area contributed by atoms with Gasteiger partial charge >= 0.3 is 0 Å². The molecule has 0 aliphatic heterocycles. The summed E-state index contributed by atoms with van der Waals surface area (Å²) in [6.45, 7) is 8.41. The van der Waals surface area contributed by atoms with Crippen LogP contribution in [0.1, 0.15) is 52.9 Å². The van der Waals surface area contributed by atoms with Crippen molar-refractivity contribution in [1.29, 1.82) is 5.26 Å². The fraction of sp³-hybridized carbons (Fsp3) is 0.789. The van der Waals surface area contributed by atoms with Crippen molar-refractivity contribution in [2.45, 2.75) is 58.4 Å². The fourth-order valence-electron chi connectivity index (χ4n) is 3.11.